The largest absolute Gasteiger partial charge is 0.465 e. The molecule has 3 aromatic rings. The SMILES string of the molecule is CC.NCCCCC(N)C(=O)OCCCc1cc(F)c2[nH]cc(CNCc3ccc(Cl)cc3)c(=O)c2c1. The second-order valence-electron chi connectivity index (χ2n) is 8.54. The van der Waals surface area contributed by atoms with Gasteiger partial charge in [0.05, 0.1) is 12.1 Å². The van der Waals surface area contributed by atoms with Gasteiger partial charge in [-0.05, 0) is 67.6 Å². The van der Waals surface area contributed by atoms with Crippen LogP contribution in [-0.4, -0.2) is 30.1 Å². The summed E-state index contributed by atoms with van der Waals surface area (Å²) < 4.78 is 19.9. The van der Waals surface area contributed by atoms with Crippen molar-refractivity contribution in [3.05, 3.63) is 80.3 Å². The summed E-state index contributed by atoms with van der Waals surface area (Å²) in [6.45, 7) is 5.64. The predicted octanol–water partition coefficient (Wildman–Crippen LogP) is 4.57. The highest BCUT2D eigenvalue weighted by molar-refractivity contribution is 6.30. The van der Waals surface area contributed by atoms with Crippen molar-refractivity contribution in [3.63, 3.8) is 0 Å². The van der Waals surface area contributed by atoms with E-state index in [0.29, 0.717) is 60.4 Å². The van der Waals surface area contributed by atoms with Gasteiger partial charge in [0.1, 0.15) is 11.9 Å². The van der Waals surface area contributed by atoms with E-state index in [2.05, 4.69) is 10.3 Å². The third-order valence-corrected chi connectivity index (χ3v) is 6.01. The first-order valence-electron chi connectivity index (χ1n) is 12.8. The number of ether oxygens (including phenoxy) is 1. The first-order chi connectivity index (χ1) is 17.9. The van der Waals surface area contributed by atoms with Crippen LogP contribution in [0.5, 0.6) is 0 Å². The molecular weight excluding hydrogens is 495 g/mol. The van der Waals surface area contributed by atoms with E-state index in [1.807, 2.05) is 38.1 Å². The van der Waals surface area contributed by atoms with Gasteiger partial charge in [0.15, 0.2) is 5.43 Å². The topological polar surface area (TPSA) is 123 Å². The highest BCUT2D eigenvalue weighted by Crippen LogP contribution is 2.17. The van der Waals surface area contributed by atoms with Crippen LogP contribution in [0.15, 0.2) is 47.4 Å². The Morgan fingerprint density at radius 2 is 1.84 bits per heavy atom. The molecule has 1 heterocycles. The Labute approximate surface area is 222 Å². The molecule has 0 aliphatic heterocycles. The summed E-state index contributed by atoms with van der Waals surface area (Å²) in [6, 6.07) is 9.87. The van der Waals surface area contributed by atoms with Crippen LogP contribution >= 0.6 is 11.6 Å². The Morgan fingerprint density at radius 3 is 2.54 bits per heavy atom. The van der Waals surface area contributed by atoms with E-state index in [-0.39, 0.29) is 17.6 Å². The Bertz CT molecular complexity index is 1180. The Kier molecular flexibility index (Phi) is 13.3. The van der Waals surface area contributed by atoms with Gasteiger partial charge in [-0.2, -0.15) is 0 Å². The smallest absolute Gasteiger partial charge is 0.322 e. The van der Waals surface area contributed by atoms with Crippen LogP contribution in [0, 0.1) is 5.82 Å². The number of hydrogen-bond donors (Lipinski definition) is 4. The van der Waals surface area contributed by atoms with Crippen LogP contribution in [-0.2, 0) is 29.0 Å². The van der Waals surface area contributed by atoms with Gasteiger partial charge < -0.3 is 26.5 Å². The number of fused-ring (bicyclic) bond motifs is 1. The number of aromatic amines is 1. The molecule has 37 heavy (non-hydrogen) atoms. The molecule has 202 valence electrons. The number of benzene rings is 2. The number of aryl methyl sites for hydroxylation is 1. The fourth-order valence-electron chi connectivity index (χ4n) is 3.79. The number of unbranched alkanes of at least 4 members (excludes halogenated alkanes) is 1. The molecule has 0 fully saturated rings. The second kappa shape index (κ2) is 16.1. The van der Waals surface area contributed by atoms with Gasteiger partial charge in [0.25, 0.3) is 0 Å². The lowest BCUT2D eigenvalue weighted by molar-refractivity contribution is -0.145. The monoisotopic (exact) mass is 532 g/mol. The van der Waals surface area contributed by atoms with Crippen molar-refractivity contribution >= 4 is 28.5 Å². The van der Waals surface area contributed by atoms with Crippen LogP contribution in [0.4, 0.5) is 4.39 Å². The lowest BCUT2D eigenvalue weighted by atomic mass is 10.0. The summed E-state index contributed by atoms with van der Waals surface area (Å²) in [5, 5.41) is 4.19. The minimum Gasteiger partial charge on any atom is -0.465 e. The molecule has 1 atom stereocenters. The molecule has 0 spiro atoms. The maximum atomic E-state index is 14.6. The summed E-state index contributed by atoms with van der Waals surface area (Å²) in [7, 11) is 0. The number of rotatable bonds is 13. The quantitative estimate of drug-likeness (QED) is 0.189. The molecule has 0 bridgehead atoms. The number of hydrogen-bond acceptors (Lipinski definition) is 6. The summed E-state index contributed by atoms with van der Waals surface area (Å²) in [5.74, 6) is -0.937. The molecule has 7 nitrogen and oxygen atoms in total. The molecule has 0 saturated carbocycles. The second-order valence-corrected chi connectivity index (χ2v) is 8.97. The van der Waals surface area contributed by atoms with Gasteiger partial charge >= 0.3 is 5.97 Å². The summed E-state index contributed by atoms with van der Waals surface area (Å²) in [5.41, 5.74) is 13.4. The van der Waals surface area contributed by atoms with E-state index >= 15 is 0 Å². The van der Waals surface area contributed by atoms with Crippen LogP contribution in [0.3, 0.4) is 0 Å². The van der Waals surface area contributed by atoms with Crippen LogP contribution in [0.25, 0.3) is 10.9 Å². The molecule has 1 unspecified atom stereocenters. The molecule has 0 radical (unpaired) electrons. The van der Waals surface area contributed by atoms with E-state index in [4.69, 9.17) is 27.8 Å². The number of H-pyrrole nitrogens is 1. The van der Waals surface area contributed by atoms with Gasteiger partial charge in [-0.25, -0.2) is 4.39 Å². The normalized spacial score (nSPS) is 11.6. The highest BCUT2D eigenvalue weighted by Gasteiger charge is 2.15. The lowest BCUT2D eigenvalue weighted by Gasteiger charge is -2.11. The van der Waals surface area contributed by atoms with E-state index in [0.717, 1.165) is 18.4 Å². The third-order valence-electron chi connectivity index (χ3n) is 5.76. The number of halogens is 2. The molecule has 9 heteroatoms. The number of aromatic nitrogens is 1. The number of nitrogens with one attached hydrogen (secondary N) is 2. The van der Waals surface area contributed by atoms with Crippen molar-refractivity contribution < 1.29 is 13.9 Å². The molecule has 2 aromatic carbocycles. The molecule has 0 amide bonds. The zero-order chi connectivity index (χ0) is 27.2. The lowest BCUT2D eigenvalue weighted by Crippen LogP contribution is -2.32. The molecule has 1 aromatic heterocycles. The van der Waals surface area contributed by atoms with E-state index in [9.17, 15) is 14.0 Å². The molecule has 0 saturated heterocycles. The molecule has 0 aliphatic carbocycles. The van der Waals surface area contributed by atoms with Crippen LogP contribution in [0.2, 0.25) is 5.02 Å². The van der Waals surface area contributed by atoms with Crippen molar-refractivity contribution in [1.29, 1.82) is 0 Å². The number of esters is 1. The zero-order valence-corrected chi connectivity index (χ0v) is 22.4. The number of nitrogens with two attached hydrogens (primary N) is 2. The van der Waals surface area contributed by atoms with E-state index in [1.165, 1.54) is 6.07 Å². The van der Waals surface area contributed by atoms with Crippen molar-refractivity contribution in [3.8, 4) is 0 Å². The Morgan fingerprint density at radius 1 is 1.11 bits per heavy atom. The standard InChI is InChI=1S/C26H32ClFN4O3.C2H6/c27-20-8-6-17(7-9-20)14-31-15-19-16-32-24-21(25(19)33)12-18(13-22(24)28)4-3-11-35-26(34)23(30)5-1-2-10-29;1-2/h6-9,12-13,16,23,31H,1-5,10-11,14-15,29-30H2,(H,32,33);1-2H3. The molecule has 0 aliphatic rings. The van der Waals surface area contributed by atoms with Crippen LogP contribution < -0.4 is 22.2 Å². The van der Waals surface area contributed by atoms with Gasteiger partial charge in [-0.1, -0.05) is 44.0 Å². The minimum absolute atomic E-state index is 0.175. The average Bonchev–Trinajstić information content (AvgIpc) is 2.90. The minimum atomic E-state index is -0.662. The highest BCUT2D eigenvalue weighted by atomic mass is 35.5. The van der Waals surface area contributed by atoms with E-state index < -0.39 is 17.8 Å². The van der Waals surface area contributed by atoms with Crippen molar-refractivity contribution in [2.45, 2.75) is 65.1 Å². The van der Waals surface area contributed by atoms with Crippen molar-refractivity contribution in [2.24, 2.45) is 11.5 Å². The maximum absolute atomic E-state index is 14.6. The molecule has 3 rings (SSSR count). The zero-order valence-electron chi connectivity index (χ0n) is 21.6. The number of carbonyl (C=O) groups excluding carboxylic acids is 1. The third kappa shape index (κ3) is 9.55. The fraction of sp³-hybridized carbons (Fsp3) is 0.429. The number of pyridine rings is 1. The van der Waals surface area contributed by atoms with Gasteiger partial charge in [-0.15, -0.1) is 0 Å². The Hall–Kier alpha value is -2.78. The first-order valence-corrected chi connectivity index (χ1v) is 13.2. The summed E-state index contributed by atoms with van der Waals surface area (Å²) in [6.07, 6.45) is 4.61. The Balaban J connectivity index is 0.00000235. The summed E-state index contributed by atoms with van der Waals surface area (Å²) >= 11 is 5.90. The first kappa shape index (κ1) is 30.4. The van der Waals surface area contributed by atoms with Crippen molar-refractivity contribution in [2.75, 3.05) is 13.2 Å². The number of carbonyl (C=O) groups is 1. The fourth-order valence-corrected chi connectivity index (χ4v) is 3.91. The van der Waals surface area contributed by atoms with Gasteiger partial charge in [0, 0.05) is 35.3 Å². The van der Waals surface area contributed by atoms with E-state index in [1.54, 1.807) is 12.3 Å². The van der Waals surface area contributed by atoms with Crippen LogP contribution in [0.1, 0.15) is 56.2 Å². The predicted molar refractivity (Wildman–Crippen MR) is 148 cm³/mol. The maximum Gasteiger partial charge on any atom is 0.322 e. The van der Waals surface area contributed by atoms with Gasteiger partial charge in [0.2, 0.25) is 0 Å². The van der Waals surface area contributed by atoms with Gasteiger partial charge in [-0.3, -0.25) is 9.59 Å². The molecule has 6 N–H and O–H groups in total. The summed E-state index contributed by atoms with van der Waals surface area (Å²) in [4.78, 5) is 27.8. The average molecular weight is 533 g/mol. The molecular formula is C28H38ClFN4O3. The van der Waals surface area contributed by atoms with Crippen molar-refractivity contribution in [1.82, 2.24) is 10.3 Å².